The van der Waals surface area contributed by atoms with Crippen molar-refractivity contribution in [1.29, 1.82) is 0 Å². The molecule has 0 aliphatic rings. The number of halogens is 2. The van der Waals surface area contributed by atoms with E-state index in [4.69, 9.17) is 4.74 Å². The normalized spacial score (nSPS) is 10.4. The Labute approximate surface area is 155 Å². The van der Waals surface area contributed by atoms with Gasteiger partial charge >= 0.3 is 12.6 Å². The number of nitrogens with zero attached hydrogens (tertiary/aromatic N) is 1. The molecule has 0 saturated heterocycles. The van der Waals surface area contributed by atoms with E-state index in [1.54, 1.807) is 31.3 Å². The average Bonchev–Trinajstić information content (AvgIpc) is 2.67. The molecule has 0 radical (unpaired) electrons. The molecule has 0 aliphatic carbocycles. The first-order valence-electron chi connectivity index (χ1n) is 7.91. The Morgan fingerprint density at radius 2 is 1.63 bits per heavy atom. The third-order valence-electron chi connectivity index (χ3n) is 3.77. The van der Waals surface area contributed by atoms with Gasteiger partial charge < -0.3 is 19.1 Å². The first kappa shape index (κ1) is 20.2. The first-order chi connectivity index (χ1) is 12.8. The summed E-state index contributed by atoms with van der Waals surface area (Å²) in [6.45, 7) is -2.70. The summed E-state index contributed by atoms with van der Waals surface area (Å²) in [5.41, 5.74) is 1.49. The Morgan fingerprint density at radius 1 is 1.00 bits per heavy atom. The van der Waals surface area contributed by atoms with E-state index >= 15 is 0 Å². The summed E-state index contributed by atoms with van der Waals surface area (Å²) in [5, 5.41) is 0. The van der Waals surface area contributed by atoms with Crippen molar-refractivity contribution in [3.63, 3.8) is 0 Å². The Hall–Kier alpha value is -3.16. The fourth-order valence-corrected chi connectivity index (χ4v) is 2.42. The highest BCUT2D eigenvalue weighted by Gasteiger charge is 2.17. The highest BCUT2D eigenvalue weighted by Crippen LogP contribution is 2.30. The standard InChI is InChI=1S/C19H19F2NO5/c1-22(11-12-4-6-13(7-5-12)18(24)26-3)17(23)14-8-9-15(27-19(20)21)16(10-14)25-2/h4-10,19H,11H2,1-3H3. The summed E-state index contributed by atoms with van der Waals surface area (Å²) in [5.74, 6) is -0.875. The van der Waals surface area contributed by atoms with Gasteiger partial charge in [-0.1, -0.05) is 12.1 Å². The van der Waals surface area contributed by atoms with Crippen LogP contribution in [-0.2, 0) is 11.3 Å². The van der Waals surface area contributed by atoms with E-state index in [1.807, 2.05) is 0 Å². The lowest BCUT2D eigenvalue weighted by molar-refractivity contribution is -0.0512. The molecule has 8 heteroatoms. The summed E-state index contributed by atoms with van der Waals surface area (Å²) in [6, 6.07) is 10.7. The molecule has 0 unspecified atom stereocenters. The maximum absolute atomic E-state index is 12.6. The predicted octanol–water partition coefficient (Wildman–Crippen LogP) is 3.36. The van der Waals surface area contributed by atoms with Gasteiger partial charge in [-0.25, -0.2) is 4.79 Å². The molecule has 2 rings (SSSR count). The van der Waals surface area contributed by atoms with E-state index < -0.39 is 12.6 Å². The minimum Gasteiger partial charge on any atom is -0.493 e. The number of hydrogen-bond donors (Lipinski definition) is 0. The van der Waals surface area contributed by atoms with Crippen LogP contribution >= 0.6 is 0 Å². The zero-order valence-electron chi connectivity index (χ0n) is 15.1. The van der Waals surface area contributed by atoms with Crippen molar-refractivity contribution >= 4 is 11.9 Å². The van der Waals surface area contributed by atoms with Crippen molar-refractivity contribution in [3.8, 4) is 11.5 Å². The Kier molecular flexibility index (Phi) is 6.70. The van der Waals surface area contributed by atoms with Crippen molar-refractivity contribution in [3.05, 3.63) is 59.2 Å². The molecule has 0 atom stereocenters. The largest absolute Gasteiger partial charge is 0.493 e. The van der Waals surface area contributed by atoms with Gasteiger partial charge in [0, 0.05) is 19.2 Å². The third-order valence-corrected chi connectivity index (χ3v) is 3.77. The molecule has 2 aromatic carbocycles. The molecule has 0 fully saturated rings. The minimum atomic E-state index is -2.99. The summed E-state index contributed by atoms with van der Waals surface area (Å²) in [7, 11) is 4.20. The smallest absolute Gasteiger partial charge is 0.387 e. The van der Waals surface area contributed by atoms with E-state index in [-0.39, 0.29) is 29.5 Å². The molecule has 0 spiro atoms. The zero-order valence-corrected chi connectivity index (χ0v) is 15.1. The van der Waals surface area contributed by atoms with Gasteiger partial charge in [-0.15, -0.1) is 0 Å². The number of esters is 1. The molecule has 1 amide bonds. The van der Waals surface area contributed by atoms with Crippen LogP contribution in [0.4, 0.5) is 8.78 Å². The predicted molar refractivity (Wildman–Crippen MR) is 93.2 cm³/mol. The van der Waals surface area contributed by atoms with Gasteiger partial charge in [0.25, 0.3) is 5.91 Å². The fraction of sp³-hybridized carbons (Fsp3) is 0.263. The van der Waals surface area contributed by atoms with Crippen molar-refractivity contribution in [2.45, 2.75) is 13.2 Å². The SMILES string of the molecule is COC(=O)c1ccc(CN(C)C(=O)c2ccc(OC(F)F)c(OC)c2)cc1. The topological polar surface area (TPSA) is 65.1 Å². The van der Waals surface area contributed by atoms with Crippen molar-refractivity contribution in [1.82, 2.24) is 4.90 Å². The number of hydrogen-bond acceptors (Lipinski definition) is 5. The molecule has 0 aromatic heterocycles. The number of carbonyl (C=O) groups is 2. The number of carbonyl (C=O) groups excluding carboxylic acids is 2. The molecule has 6 nitrogen and oxygen atoms in total. The lowest BCUT2D eigenvalue weighted by atomic mass is 10.1. The maximum atomic E-state index is 12.6. The van der Waals surface area contributed by atoms with Crippen LogP contribution in [0, 0.1) is 0 Å². The van der Waals surface area contributed by atoms with Crippen LogP contribution in [0.3, 0.4) is 0 Å². The summed E-state index contributed by atoms with van der Waals surface area (Å²) in [6.07, 6.45) is 0. The molecular weight excluding hydrogens is 360 g/mol. The van der Waals surface area contributed by atoms with Gasteiger partial charge in [-0.2, -0.15) is 8.78 Å². The van der Waals surface area contributed by atoms with Gasteiger partial charge in [-0.05, 0) is 35.9 Å². The van der Waals surface area contributed by atoms with E-state index in [9.17, 15) is 18.4 Å². The van der Waals surface area contributed by atoms with Gasteiger partial charge in [0.1, 0.15) is 0 Å². The average molecular weight is 379 g/mol. The monoisotopic (exact) mass is 379 g/mol. The van der Waals surface area contributed by atoms with Crippen LogP contribution < -0.4 is 9.47 Å². The lowest BCUT2D eigenvalue weighted by Gasteiger charge is -2.18. The highest BCUT2D eigenvalue weighted by molar-refractivity contribution is 5.94. The summed E-state index contributed by atoms with van der Waals surface area (Å²) < 4.78 is 38.8. The number of rotatable bonds is 7. The van der Waals surface area contributed by atoms with Gasteiger partial charge in [0.15, 0.2) is 11.5 Å². The molecule has 2 aromatic rings. The summed E-state index contributed by atoms with van der Waals surface area (Å²) >= 11 is 0. The van der Waals surface area contributed by atoms with Gasteiger partial charge in [-0.3, -0.25) is 4.79 Å². The van der Waals surface area contributed by atoms with Crippen LogP contribution in [0.5, 0.6) is 11.5 Å². The van der Waals surface area contributed by atoms with Crippen LogP contribution in [0.2, 0.25) is 0 Å². The Bertz CT molecular complexity index is 808. The van der Waals surface area contributed by atoms with Gasteiger partial charge in [0.05, 0.1) is 19.8 Å². The number of alkyl halides is 2. The molecule has 27 heavy (non-hydrogen) atoms. The Balaban J connectivity index is 2.11. The van der Waals surface area contributed by atoms with Crippen molar-refractivity contribution in [2.24, 2.45) is 0 Å². The number of ether oxygens (including phenoxy) is 3. The Morgan fingerprint density at radius 3 is 2.19 bits per heavy atom. The number of benzene rings is 2. The van der Waals surface area contributed by atoms with Crippen LogP contribution in [0.25, 0.3) is 0 Å². The number of methoxy groups -OCH3 is 2. The van der Waals surface area contributed by atoms with Crippen LogP contribution in [0.1, 0.15) is 26.3 Å². The van der Waals surface area contributed by atoms with E-state index in [1.165, 1.54) is 37.3 Å². The number of amides is 1. The van der Waals surface area contributed by atoms with Crippen LogP contribution in [0.15, 0.2) is 42.5 Å². The zero-order chi connectivity index (χ0) is 20.0. The second-order valence-electron chi connectivity index (χ2n) is 5.59. The van der Waals surface area contributed by atoms with E-state index in [2.05, 4.69) is 9.47 Å². The van der Waals surface area contributed by atoms with E-state index in [0.29, 0.717) is 5.56 Å². The fourth-order valence-electron chi connectivity index (χ4n) is 2.42. The van der Waals surface area contributed by atoms with E-state index in [0.717, 1.165) is 5.56 Å². The molecule has 0 aliphatic heterocycles. The molecule has 0 N–H and O–H groups in total. The quantitative estimate of drug-likeness (QED) is 0.691. The lowest BCUT2D eigenvalue weighted by Crippen LogP contribution is -2.26. The second kappa shape index (κ2) is 8.98. The molecule has 144 valence electrons. The minimum absolute atomic E-state index is 0.0389. The molecule has 0 saturated carbocycles. The molecule has 0 bridgehead atoms. The second-order valence-corrected chi connectivity index (χ2v) is 5.59. The maximum Gasteiger partial charge on any atom is 0.387 e. The molecular formula is C19H19F2NO5. The van der Waals surface area contributed by atoms with Crippen molar-refractivity contribution in [2.75, 3.05) is 21.3 Å². The summed E-state index contributed by atoms with van der Waals surface area (Å²) in [4.78, 5) is 25.5. The first-order valence-corrected chi connectivity index (χ1v) is 7.91. The highest BCUT2D eigenvalue weighted by atomic mass is 19.3. The van der Waals surface area contributed by atoms with Crippen molar-refractivity contribution < 1.29 is 32.6 Å². The van der Waals surface area contributed by atoms with Gasteiger partial charge in [0.2, 0.25) is 0 Å². The molecule has 0 heterocycles. The van der Waals surface area contributed by atoms with Crippen LogP contribution in [-0.4, -0.2) is 44.7 Å². The third kappa shape index (κ3) is 5.16.